The van der Waals surface area contributed by atoms with E-state index in [-0.39, 0.29) is 12.5 Å². The minimum atomic E-state index is -0.869. The number of hydrogen-bond donors (Lipinski definition) is 3. The van der Waals surface area contributed by atoms with Crippen molar-refractivity contribution in [2.75, 3.05) is 6.61 Å². The van der Waals surface area contributed by atoms with Gasteiger partial charge in [-0.2, -0.15) is 0 Å². The lowest BCUT2D eigenvalue weighted by Crippen LogP contribution is -2.45. The molecule has 0 radical (unpaired) electrons. The van der Waals surface area contributed by atoms with E-state index in [1.807, 2.05) is 6.08 Å². The van der Waals surface area contributed by atoms with Gasteiger partial charge in [0.15, 0.2) is 0 Å². The van der Waals surface area contributed by atoms with Gasteiger partial charge in [0, 0.05) is 6.42 Å². The van der Waals surface area contributed by atoms with E-state index in [2.05, 4.69) is 55.6 Å². The van der Waals surface area contributed by atoms with Crippen molar-refractivity contribution in [2.24, 2.45) is 0 Å². The molecule has 0 aliphatic rings. The van der Waals surface area contributed by atoms with Crippen LogP contribution in [0.5, 0.6) is 0 Å². The van der Waals surface area contributed by atoms with E-state index in [9.17, 15) is 15.0 Å². The molecule has 0 rings (SSSR count). The smallest absolute Gasteiger partial charge is 0.220 e. The Morgan fingerprint density at radius 2 is 1.00 bits per heavy atom. The topological polar surface area (TPSA) is 69.6 Å². The second-order valence-corrected chi connectivity index (χ2v) is 11.6. The lowest BCUT2D eigenvalue weighted by atomic mass is 10.1. The van der Waals surface area contributed by atoms with Crippen molar-refractivity contribution in [3.63, 3.8) is 0 Å². The van der Waals surface area contributed by atoms with E-state index in [1.54, 1.807) is 6.08 Å². The van der Waals surface area contributed by atoms with E-state index in [1.165, 1.54) is 96.3 Å². The zero-order valence-corrected chi connectivity index (χ0v) is 27.0. The molecule has 1 amide bonds. The quantitative estimate of drug-likeness (QED) is 0.0591. The van der Waals surface area contributed by atoms with E-state index in [4.69, 9.17) is 0 Å². The highest BCUT2D eigenvalue weighted by atomic mass is 16.3. The highest BCUT2D eigenvalue weighted by molar-refractivity contribution is 5.76. The van der Waals surface area contributed by atoms with Crippen molar-refractivity contribution in [3.05, 3.63) is 48.6 Å². The van der Waals surface area contributed by atoms with Crippen LogP contribution >= 0.6 is 0 Å². The molecule has 0 aromatic heterocycles. The van der Waals surface area contributed by atoms with Crippen molar-refractivity contribution in [3.8, 4) is 0 Å². The molecule has 0 fully saturated rings. The molecule has 0 saturated carbocycles. The van der Waals surface area contributed by atoms with Gasteiger partial charge in [0.25, 0.3) is 0 Å². The Hall–Kier alpha value is -1.65. The van der Waals surface area contributed by atoms with Crippen molar-refractivity contribution < 1.29 is 15.0 Å². The maximum Gasteiger partial charge on any atom is 0.220 e. The zero-order valence-electron chi connectivity index (χ0n) is 27.0. The number of allylic oxidation sites excluding steroid dienone is 7. The van der Waals surface area contributed by atoms with Gasteiger partial charge >= 0.3 is 0 Å². The number of rotatable bonds is 30. The maximum atomic E-state index is 12.3. The van der Waals surface area contributed by atoms with E-state index in [0.717, 1.165) is 44.9 Å². The zero-order chi connectivity index (χ0) is 30.1. The molecule has 4 heteroatoms. The fourth-order valence-electron chi connectivity index (χ4n) is 4.80. The summed E-state index contributed by atoms with van der Waals surface area (Å²) < 4.78 is 0. The largest absolute Gasteiger partial charge is 0.394 e. The monoisotopic (exact) mass is 574 g/mol. The number of aliphatic hydroxyl groups is 2. The lowest BCUT2D eigenvalue weighted by Gasteiger charge is -2.19. The first kappa shape index (κ1) is 39.4. The molecule has 0 aromatic carbocycles. The van der Waals surface area contributed by atoms with E-state index in [0.29, 0.717) is 6.42 Å². The maximum absolute atomic E-state index is 12.3. The van der Waals surface area contributed by atoms with Gasteiger partial charge in [-0.25, -0.2) is 0 Å². The average Bonchev–Trinajstić information content (AvgIpc) is 2.97. The predicted molar refractivity (Wildman–Crippen MR) is 179 cm³/mol. The summed E-state index contributed by atoms with van der Waals surface area (Å²) in [5.74, 6) is -0.0873. The number of aliphatic hydroxyl groups excluding tert-OH is 2. The van der Waals surface area contributed by atoms with Crippen LogP contribution in [0, 0.1) is 0 Å². The van der Waals surface area contributed by atoms with E-state index < -0.39 is 12.1 Å². The first-order valence-corrected chi connectivity index (χ1v) is 17.4. The third kappa shape index (κ3) is 29.6. The van der Waals surface area contributed by atoms with E-state index >= 15 is 0 Å². The molecular weight excluding hydrogens is 506 g/mol. The minimum absolute atomic E-state index is 0.0873. The Labute approximate surface area is 254 Å². The summed E-state index contributed by atoms with van der Waals surface area (Å²) >= 11 is 0. The van der Waals surface area contributed by atoms with Crippen LogP contribution < -0.4 is 5.32 Å². The summed E-state index contributed by atoms with van der Waals surface area (Å²) in [4.78, 5) is 12.3. The Bertz CT molecular complexity index is 667. The number of amides is 1. The second-order valence-electron chi connectivity index (χ2n) is 11.6. The van der Waals surface area contributed by atoms with Crippen LogP contribution in [0.3, 0.4) is 0 Å². The first-order chi connectivity index (χ1) is 20.2. The molecule has 2 unspecified atom stereocenters. The first-order valence-electron chi connectivity index (χ1n) is 17.4. The summed E-state index contributed by atoms with van der Waals surface area (Å²) in [7, 11) is 0. The van der Waals surface area contributed by atoms with Crippen LogP contribution in [0.4, 0.5) is 0 Å². The predicted octanol–water partition coefficient (Wildman–Crippen LogP) is 10.1. The van der Waals surface area contributed by atoms with Crippen LogP contribution in [-0.2, 0) is 4.79 Å². The third-order valence-electron chi connectivity index (χ3n) is 7.49. The molecule has 0 aliphatic heterocycles. The van der Waals surface area contributed by atoms with Gasteiger partial charge < -0.3 is 15.5 Å². The van der Waals surface area contributed by atoms with Gasteiger partial charge in [-0.15, -0.1) is 0 Å². The molecule has 0 aromatic rings. The molecule has 3 N–H and O–H groups in total. The summed E-state index contributed by atoms with van der Waals surface area (Å²) in [5.41, 5.74) is 0. The molecule has 41 heavy (non-hydrogen) atoms. The lowest BCUT2D eigenvalue weighted by molar-refractivity contribution is -0.123. The standard InChI is InChI=1S/C37H67NO3/c1-3-5-7-9-11-13-15-16-17-18-19-20-21-23-25-27-29-31-33-37(41)38-35(34-39)36(40)32-30-28-26-24-22-14-12-10-8-6-4-2/h8,10,17-18,22,24,30,32,35-36,39-40H,3-7,9,11-16,19-21,23,25-29,31,33-34H2,1-2H3,(H,38,41)/b10-8+,18-17-,24-22+,32-30+. The average molecular weight is 574 g/mol. The minimum Gasteiger partial charge on any atom is -0.394 e. The Morgan fingerprint density at radius 3 is 1.51 bits per heavy atom. The van der Waals surface area contributed by atoms with Crippen LogP contribution in [0.1, 0.15) is 162 Å². The Kier molecular flexibility index (Phi) is 31.5. The summed E-state index contributed by atoms with van der Waals surface area (Å²) in [5, 5.41) is 22.8. The summed E-state index contributed by atoms with van der Waals surface area (Å²) in [6.45, 7) is 4.19. The van der Waals surface area contributed by atoms with Gasteiger partial charge in [-0.1, -0.05) is 140 Å². The molecule has 238 valence electrons. The van der Waals surface area contributed by atoms with Crippen LogP contribution in [0.2, 0.25) is 0 Å². The molecule has 0 spiro atoms. The molecule has 0 heterocycles. The SMILES string of the molecule is CCC/C=C/CC/C=C/CC/C=C/C(O)C(CO)NC(=O)CCCCCCCCC/C=C\CCCCCCCCC. The molecule has 4 nitrogen and oxygen atoms in total. The van der Waals surface area contributed by atoms with Crippen molar-refractivity contribution in [1.82, 2.24) is 5.32 Å². The Morgan fingerprint density at radius 1 is 0.561 bits per heavy atom. The fourth-order valence-corrected chi connectivity index (χ4v) is 4.80. The van der Waals surface area contributed by atoms with Gasteiger partial charge in [-0.05, 0) is 64.2 Å². The molecule has 0 bridgehead atoms. The van der Waals surface area contributed by atoms with Gasteiger partial charge in [0.1, 0.15) is 0 Å². The highest BCUT2D eigenvalue weighted by Gasteiger charge is 2.17. The fraction of sp³-hybridized carbons (Fsp3) is 0.757. The number of nitrogens with one attached hydrogen (secondary N) is 1. The normalized spacial score (nSPS) is 13.8. The van der Waals surface area contributed by atoms with Gasteiger partial charge in [-0.3, -0.25) is 4.79 Å². The molecule has 2 atom stereocenters. The Balaban J connectivity index is 3.68. The molecule has 0 aliphatic carbocycles. The second kappa shape index (κ2) is 32.9. The highest BCUT2D eigenvalue weighted by Crippen LogP contribution is 2.12. The summed E-state index contributed by atoms with van der Waals surface area (Å²) in [6, 6.07) is -0.645. The van der Waals surface area contributed by atoms with Crippen molar-refractivity contribution in [2.45, 2.75) is 174 Å². The number of hydrogen-bond acceptors (Lipinski definition) is 3. The number of carbonyl (C=O) groups is 1. The number of carbonyl (C=O) groups excluding carboxylic acids is 1. The van der Waals surface area contributed by atoms with Crippen molar-refractivity contribution in [1.29, 1.82) is 0 Å². The molecule has 0 saturated heterocycles. The van der Waals surface area contributed by atoms with Gasteiger partial charge in [0.2, 0.25) is 5.91 Å². The summed E-state index contributed by atoms with van der Waals surface area (Å²) in [6.07, 6.45) is 43.3. The van der Waals surface area contributed by atoms with Gasteiger partial charge in [0.05, 0.1) is 18.8 Å². The van der Waals surface area contributed by atoms with Crippen LogP contribution in [-0.4, -0.2) is 34.9 Å². The van der Waals surface area contributed by atoms with Crippen molar-refractivity contribution >= 4 is 5.91 Å². The van der Waals surface area contributed by atoms with Crippen LogP contribution in [0.15, 0.2) is 48.6 Å². The number of unbranched alkanes of at least 4 members (excludes halogenated alkanes) is 17. The van der Waals surface area contributed by atoms with Crippen LogP contribution in [0.25, 0.3) is 0 Å². The molecular formula is C37H67NO3. The third-order valence-corrected chi connectivity index (χ3v) is 7.49.